The summed E-state index contributed by atoms with van der Waals surface area (Å²) in [7, 11) is 0. The molecule has 0 spiro atoms. The summed E-state index contributed by atoms with van der Waals surface area (Å²) < 4.78 is 1.20. The lowest BCUT2D eigenvalue weighted by atomic mass is 10.1. The van der Waals surface area contributed by atoms with Crippen molar-refractivity contribution in [2.24, 2.45) is 0 Å². The Hall–Kier alpha value is -1.26. The second-order valence-corrected chi connectivity index (χ2v) is 5.57. The monoisotopic (exact) mass is 295 g/mol. The maximum Gasteiger partial charge on any atom is 0.272 e. The first-order valence-electron chi connectivity index (χ1n) is 6.13. The molecule has 1 heterocycles. The van der Waals surface area contributed by atoms with Gasteiger partial charge in [-0.25, -0.2) is 4.31 Å². The molecular weight excluding hydrogens is 282 g/mol. The van der Waals surface area contributed by atoms with Gasteiger partial charge in [0, 0.05) is 9.94 Å². The Bertz CT molecular complexity index is 533. The van der Waals surface area contributed by atoms with E-state index in [-0.39, 0.29) is 11.8 Å². The summed E-state index contributed by atoms with van der Waals surface area (Å²) in [6.07, 6.45) is 1.39. The molecule has 5 heteroatoms. The number of nitrogens with zero attached hydrogens (tertiary/aromatic N) is 1. The molecule has 3 nitrogen and oxygen atoms in total. The number of hydrogen-bond donors (Lipinski definition) is 0. The molecule has 0 radical (unpaired) electrons. The van der Waals surface area contributed by atoms with Crippen LogP contribution < -0.4 is 0 Å². The van der Waals surface area contributed by atoms with E-state index in [0.29, 0.717) is 29.0 Å². The maximum atomic E-state index is 12.2. The molecule has 0 aromatic heterocycles. The number of halogens is 1. The van der Waals surface area contributed by atoms with E-state index >= 15 is 0 Å². The van der Waals surface area contributed by atoms with Crippen LogP contribution in [0.1, 0.15) is 47.4 Å². The third-order valence-electron chi connectivity index (χ3n) is 2.89. The minimum Gasteiger partial charge on any atom is -0.268 e. The average molecular weight is 296 g/mol. The third-order valence-corrected chi connectivity index (χ3v) is 4.77. The van der Waals surface area contributed by atoms with Crippen LogP contribution >= 0.6 is 23.5 Å². The molecule has 0 saturated heterocycles. The smallest absolute Gasteiger partial charge is 0.268 e. The lowest BCUT2D eigenvalue weighted by Gasteiger charge is -2.15. The lowest BCUT2D eigenvalue weighted by molar-refractivity contribution is 0.0777. The fourth-order valence-electron chi connectivity index (χ4n) is 1.86. The van der Waals surface area contributed by atoms with Gasteiger partial charge in [-0.2, -0.15) is 0 Å². The van der Waals surface area contributed by atoms with Gasteiger partial charge in [-0.3, -0.25) is 9.59 Å². The van der Waals surface area contributed by atoms with E-state index in [9.17, 15) is 9.59 Å². The number of carbonyl (C=O) groups excluding carboxylic acids is 2. The molecule has 1 aliphatic rings. The summed E-state index contributed by atoms with van der Waals surface area (Å²) in [6, 6.07) is 6.86. The third kappa shape index (κ3) is 2.55. The molecule has 0 bridgehead atoms. The summed E-state index contributed by atoms with van der Waals surface area (Å²) in [5.41, 5.74) is 0.922. The summed E-state index contributed by atoms with van der Waals surface area (Å²) in [4.78, 5) is 25.2. The fourth-order valence-corrected chi connectivity index (χ4v) is 3.06. The van der Waals surface area contributed by atoms with E-state index in [1.807, 2.05) is 13.8 Å². The largest absolute Gasteiger partial charge is 0.272 e. The zero-order chi connectivity index (χ0) is 14.0. The van der Waals surface area contributed by atoms with Gasteiger partial charge < -0.3 is 0 Å². The van der Waals surface area contributed by atoms with Crippen molar-refractivity contribution >= 4 is 35.4 Å². The van der Waals surface area contributed by atoms with E-state index in [1.54, 1.807) is 24.3 Å². The predicted molar refractivity (Wildman–Crippen MR) is 78.0 cm³/mol. The van der Waals surface area contributed by atoms with E-state index < -0.39 is 0 Å². The van der Waals surface area contributed by atoms with Gasteiger partial charge in [-0.1, -0.05) is 37.6 Å². The summed E-state index contributed by atoms with van der Waals surface area (Å²) in [5.74, 6) is -0.533. The van der Waals surface area contributed by atoms with Gasteiger partial charge in [-0.05, 0) is 36.9 Å². The molecule has 19 heavy (non-hydrogen) atoms. The minimum absolute atomic E-state index is 0.267. The van der Waals surface area contributed by atoms with Gasteiger partial charge in [0.25, 0.3) is 11.8 Å². The van der Waals surface area contributed by atoms with Gasteiger partial charge in [0.2, 0.25) is 0 Å². The van der Waals surface area contributed by atoms with Gasteiger partial charge in [0.05, 0.1) is 11.1 Å². The molecule has 0 fully saturated rings. The van der Waals surface area contributed by atoms with Crippen LogP contribution in [0, 0.1) is 0 Å². The Morgan fingerprint density at radius 2 is 1.63 bits per heavy atom. The van der Waals surface area contributed by atoms with Crippen LogP contribution in [0.15, 0.2) is 34.2 Å². The Balaban J connectivity index is 2.30. The predicted octanol–water partition coefficient (Wildman–Crippen LogP) is 4.20. The molecule has 100 valence electrons. The Kier molecular flexibility index (Phi) is 4.32. The quantitative estimate of drug-likeness (QED) is 0.617. The number of benzene rings is 1. The molecule has 1 aliphatic heterocycles. The number of allylic oxidation sites excluding steroid dienone is 2. The van der Waals surface area contributed by atoms with Crippen LogP contribution in [0.5, 0.6) is 0 Å². The van der Waals surface area contributed by atoms with Crippen LogP contribution in [0.3, 0.4) is 0 Å². The van der Waals surface area contributed by atoms with Crippen molar-refractivity contribution in [2.75, 3.05) is 0 Å². The first-order valence-corrected chi connectivity index (χ1v) is 7.28. The molecule has 0 saturated carbocycles. The minimum atomic E-state index is -0.267. The van der Waals surface area contributed by atoms with Crippen LogP contribution in [-0.4, -0.2) is 16.1 Å². The number of fused-ring (bicyclic) bond motifs is 1. The molecule has 0 atom stereocenters. The van der Waals surface area contributed by atoms with E-state index in [0.717, 1.165) is 16.9 Å². The van der Waals surface area contributed by atoms with Gasteiger partial charge in [0.15, 0.2) is 0 Å². The number of rotatable bonds is 4. The first-order chi connectivity index (χ1) is 9.10. The molecule has 1 aromatic rings. The number of carbonyl (C=O) groups is 2. The summed E-state index contributed by atoms with van der Waals surface area (Å²) in [5, 5.41) is 0.698. The standard InChI is InChI=1S/C14H14ClNO2S/c1-3-11(15)12(4-2)19-16-13(17)9-7-5-6-8-10(9)14(16)18/h5-8H,3-4H2,1-2H3/b12-11+. The van der Waals surface area contributed by atoms with Crippen molar-refractivity contribution in [1.29, 1.82) is 0 Å². The highest BCUT2D eigenvalue weighted by Gasteiger charge is 2.36. The number of imide groups is 1. The van der Waals surface area contributed by atoms with Gasteiger partial charge >= 0.3 is 0 Å². The topological polar surface area (TPSA) is 37.4 Å². The molecular formula is C14H14ClNO2S. The SMILES string of the molecule is CC/C(Cl)=C(/CC)SN1C(=O)c2ccccc2C1=O. The van der Waals surface area contributed by atoms with E-state index in [1.165, 1.54) is 4.31 Å². The van der Waals surface area contributed by atoms with Gasteiger partial charge in [0.1, 0.15) is 0 Å². The van der Waals surface area contributed by atoms with Gasteiger partial charge in [-0.15, -0.1) is 0 Å². The molecule has 2 amide bonds. The fraction of sp³-hybridized carbons (Fsp3) is 0.286. The number of amides is 2. The molecule has 0 aliphatic carbocycles. The number of hydrogen-bond acceptors (Lipinski definition) is 3. The van der Waals surface area contributed by atoms with Crippen molar-refractivity contribution in [3.8, 4) is 0 Å². The summed E-state index contributed by atoms with van der Waals surface area (Å²) >= 11 is 7.27. The highest BCUT2D eigenvalue weighted by Crippen LogP contribution is 2.36. The highest BCUT2D eigenvalue weighted by molar-refractivity contribution is 8.02. The molecule has 2 rings (SSSR count). The second-order valence-electron chi connectivity index (χ2n) is 4.08. The Labute approximate surface area is 121 Å². The van der Waals surface area contributed by atoms with Crippen LogP contribution in [0.4, 0.5) is 0 Å². The Morgan fingerprint density at radius 3 is 2.05 bits per heavy atom. The summed E-state index contributed by atoms with van der Waals surface area (Å²) in [6.45, 7) is 3.90. The van der Waals surface area contributed by atoms with Crippen molar-refractivity contribution in [3.63, 3.8) is 0 Å². The van der Waals surface area contributed by atoms with Crippen LogP contribution in [-0.2, 0) is 0 Å². The van der Waals surface area contributed by atoms with Crippen molar-refractivity contribution < 1.29 is 9.59 Å². The van der Waals surface area contributed by atoms with Crippen LogP contribution in [0.25, 0.3) is 0 Å². The normalized spacial score (nSPS) is 15.6. The van der Waals surface area contributed by atoms with Crippen molar-refractivity contribution in [3.05, 3.63) is 45.3 Å². The van der Waals surface area contributed by atoms with Crippen molar-refractivity contribution in [2.45, 2.75) is 26.7 Å². The zero-order valence-electron chi connectivity index (χ0n) is 10.8. The molecule has 1 aromatic carbocycles. The van der Waals surface area contributed by atoms with Crippen molar-refractivity contribution in [1.82, 2.24) is 4.31 Å². The maximum absolute atomic E-state index is 12.2. The average Bonchev–Trinajstić information content (AvgIpc) is 2.68. The lowest BCUT2D eigenvalue weighted by Crippen LogP contribution is -2.22. The first kappa shape index (κ1) is 14.2. The molecule has 0 N–H and O–H groups in total. The van der Waals surface area contributed by atoms with E-state index in [2.05, 4.69) is 0 Å². The second kappa shape index (κ2) is 5.80. The highest BCUT2D eigenvalue weighted by atomic mass is 35.5. The van der Waals surface area contributed by atoms with Crippen LogP contribution in [0.2, 0.25) is 0 Å². The molecule has 0 unspecified atom stereocenters. The Morgan fingerprint density at radius 1 is 1.11 bits per heavy atom. The van der Waals surface area contributed by atoms with E-state index in [4.69, 9.17) is 11.6 Å². The zero-order valence-corrected chi connectivity index (χ0v) is 12.3.